The lowest BCUT2D eigenvalue weighted by atomic mass is 9.80. The summed E-state index contributed by atoms with van der Waals surface area (Å²) in [6.07, 6.45) is 2.65. The van der Waals surface area contributed by atoms with Crippen molar-refractivity contribution in [3.63, 3.8) is 0 Å². The Morgan fingerprint density at radius 3 is 2.50 bits per heavy atom. The molecule has 2 unspecified atom stereocenters. The second-order valence-corrected chi connectivity index (χ2v) is 11.2. The zero-order chi connectivity index (χ0) is 22.8. The largest absolute Gasteiger partial charge is 0.480 e. The van der Waals surface area contributed by atoms with E-state index in [-0.39, 0.29) is 21.5 Å². The van der Waals surface area contributed by atoms with Crippen molar-refractivity contribution in [2.24, 2.45) is 0 Å². The summed E-state index contributed by atoms with van der Waals surface area (Å²) in [7, 11) is 0. The number of carboxylic acid groups (broad SMARTS) is 1. The van der Waals surface area contributed by atoms with Gasteiger partial charge in [0.25, 0.3) is 5.91 Å². The third-order valence-corrected chi connectivity index (χ3v) is 8.04. The number of fused-ring (bicyclic) bond motifs is 1. The smallest absolute Gasteiger partial charge is 0.339 e. The van der Waals surface area contributed by atoms with Crippen LogP contribution in [0.2, 0.25) is 0 Å². The van der Waals surface area contributed by atoms with Gasteiger partial charge in [0.05, 0.1) is 28.4 Å². The number of aryl methyl sites for hydroxylation is 1. The predicted molar refractivity (Wildman–Crippen MR) is 144 cm³/mol. The minimum absolute atomic E-state index is 0.0182. The molecule has 3 aromatic rings. The molecule has 1 aromatic heterocycles. The summed E-state index contributed by atoms with van der Waals surface area (Å²) in [4.78, 5) is 25.3. The molecule has 32 heavy (non-hydrogen) atoms. The Morgan fingerprint density at radius 1 is 1.16 bits per heavy atom. The number of carbonyl (C=O) groups is 2. The molecule has 0 bridgehead atoms. The summed E-state index contributed by atoms with van der Waals surface area (Å²) < 4.78 is 7.06. The van der Waals surface area contributed by atoms with Gasteiger partial charge in [-0.1, -0.05) is 24.3 Å². The monoisotopic (exact) mass is 673 g/mol. The molecule has 0 fully saturated rings. The van der Waals surface area contributed by atoms with Crippen LogP contribution in [-0.2, 0) is 12.8 Å². The fourth-order valence-electron chi connectivity index (χ4n) is 4.05. The van der Waals surface area contributed by atoms with Crippen molar-refractivity contribution in [1.82, 2.24) is 0 Å². The second kappa shape index (κ2) is 10.1. The van der Waals surface area contributed by atoms with Gasteiger partial charge in [0.2, 0.25) is 0 Å². The van der Waals surface area contributed by atoms with Crippen LogP contribution in [0.4, 0.5) is 5.00 Å². The number of ether oxygens (including phenoxy) is 1. The number of thiophene rings is 1. The van der Waals surface area contributed by atoms with Crippen LogP contribution in [0.25, 0.3) is 0 Å². The first-order chi connectivity index (χ1) is 15.3. The number of carbonyl (C=O) groups excluding carboxylic acids is 1. The number of amides is 1. The van der Waals surface area contributed by atoms with E-state index in [1.54, 1.807) is 24.3 Å². The minimum Gasteiger partial charge on any atom is -0.480 e. The summed E-state index contributed by atoms with van der Waals surface area (Å²) in [5, 5.41) is 12.4. The minimum atomic E-state index is -0.996. The first-order valence-electron chi connectivity index (χ1n) is 10.2. The molecule has 0 saturated heterocycles. The molecule has 1 amide bonds. The average Bonchev–Trinajstić information content (AvgIpc) is 3.23. The Balaban J connectivity index is 1.59. The summed E-state index contributed by atoms with van der Waals surface area (Å²) in [5.74, 6) is -0.438. The molecule has 1 N–H and O–H groups in total. The van der Waals surface area contributed by atoms with Gasteiger partial charge in [0.1, 0.15) is 14.9 Å². The topological polar surface area (TPSA) is 66.8 Å². The Kier molecular flexibility index (Phi) is 7.40. The van der Waals surface area contributed by atoms with E-state index in [1.807, 2.05) is 47.3 Å². The number of benzene rings is 2. The van der Waals surface area contributed by atoms with Crippen LogP contribution in [0, 0.1) is 0 Å². The first-order valence-corrected chi connectivity index (χ1v) is 13.3. The lowest BCUT2D eigenvalue weighted by Crippen LogP contribution is -2.22. The number of rotatable bonds is 6. The van der Waals surface area contributed by atoms with Crippen LogP contribution in [0.3, 0.4) is 0 Å². The van der Waals surface area contributed by atoms with Crippen LogP contribution >= 0.6 is 56.8 Å². The van der Waals surface area contributed by atoms with E-state index in [4.69, 9.17) is 4.74 Å². The van der Waals surface area contributed by atoms with E-state index < -0.39 is 5.97 Å². The van der Waals surface area contributed by atoms with Crippen molar-refractivity contribution in [2.45, 2.75) is 36.2 Å². The molecule has 1 aliphatic rings. The normalized spacial score (nSPS) is 16.2. The zero-order valence-corrected chi connectivity index (χ0v) is 22.4. The van der Waals surface area contributed by atoms with Crippen LogP contribution < -0.4 is 7.85 Å². The van der Waals surface area contributed by atoms with Gasteiger partial charge in [0.15, 0.2) is 0 Å². The molecule has 0 radical (unpaired) electrons. The summed E-state index contributed by atoms with van der Waals surface area (Å²) in [6, 6.07) is 15.3. The van der Waals surface area contributed by atoms with Crippen LogP contribution in [0.15, 0.2) is 53.9 Å². The van der Waals surface area contributed by atoms with E-state index >= 15 is 0 Å². The van der Waals surface area contributed by atoms with E-state index in [1.165, 1.54) is 25.6 Å². The predicted octanol–water partition coefficient (Wildman–Crippen LogP) is 6.88. The molecule has 0 saturated carbocycles. The van der Waals surface area contributed by atoms with Gasteiger partial charge >= 0.3 is 5.97 Å². The van der Waals surface area contributed by atoms with Gasteiger partial charge in [0, 0.05) is 5.56 Å². The van der Waals surface area contributed by atoms with Crippen LogP contribution in [0.5, 0.6) is 5.75 Å². The maximum absolute atomic E-state index is 13.1. The van der Waals surface area contributed by atoms with Gasteiger partial charge in [-0.05, 0) is 101 Å². The first kappa shape index (κ1) is 23.5. The highest BCUT2D eigenvalue weighted by Gasteiger charge is 2.31. The fraction of sp³-hybridized carbons (Fsp3) is 0.250. The number of nitrogens with zero attached hydrogens (tertiary/aromatic N) is 1. The Bertz CT molecular complexity index is 1140. The molecule has 1 heterocycles. The van der Waals surface area contributed by atoms with Gasteiger partial charge < -0.3 is 9.84 Å². The van der Waals surface area contributed by atoms with E-state index in [0.29, 0.717) is 16.3 Å². The Labute approximate surface area is 218 Å². The van der Waals surface area contributed by atoms with Gasteiger partial charge in [-0.3, -0.25) is 4.79 Å². The number of hydrogen-bond donors (Lipinski definition) is 1. The van der Waals surface area contributed by atoms with Crippen molar-refractivity contribution in [3.05, 3.63) is 81.7 Å². The lowest BCUT2D eigenvalue weighted by molar-refractivity contribution is 0.0696. The number of aromatic carboxylic acids is 1. The van der Waals surface area contributed by atoms with Crippen molar-refractivity contribution in [1.29, 1.82) is 0 Å². The molecular weight excluding hydrogens is 652 g/mol. The van der Waals surface area contributed by atoms with Crippen molar-refractivity contribution in [2.75, 3.05) is 3.11 Å². The van der Waals surface area contributed by atoms with Crippen molar-refractivity contribution < 1.29 is 19.4 Å². The molecule has 166 valence electrons. The van der Waals surface area contributed by atoms with E-state index in [2.05, 4.69) is 34.7 Å². The standard InChI is InChI=1S/C24H21I2NO4S/c1-14(25)31-19-10-8-16(9-11-19)22(28)27(26)23-21(24(29)30)20(13-32-23)18-7-6-15-4-2-3-5-17(15)12-18/h2-5,8-11,13-14,18H,6-7,12H2,1H3,(H,29,30). The molecule has 0 spiro atoms. The number of alkyl halides is 1. The molecular formula is C24H21I2NO4S. The average molecular weight is 673 g/mol. The fourth-order valence-corrected chi connectivity index (χ4v) is 6.25. The molecule has 2 atom stereocenters. The second-order valence-electron chi connectivity index (χ2n) is 7.66. The van der Waals surface area contributed by atoms with Gasteiger partial charge in [-0.25, -0.2) is 7.91 Å². The number of hydrogen-bond acceptors (Lipinski definition) is 4. The van der Waals surface area contributed by atoms with Crippen molar-refractivity contribution in [3.8, 4) is 5.75 Å². The van der Waals surface area contributed by atoms with Crippen LogP contribution in [0.1, 0.15) is 56.7 Å². The molecule has 2 aromatic carbocycles. The molecule has 0 aliphatic heterocycles. The van der Waals surface area contributed by atoms with Gasteiger partial charge in [-0.15, -0.1) is 11.3 Å². The van der Waals surface area contributed by atoms with Crippen molar-refractivity contribution >= 4 is 73.7 Å². The summed E-state index contributed by atoms with van der Waals surface area (Å²) in [5.41, 5.74) is 4.15. The Morgan fingerprint density at radius 2 is 1.84 bits per heavy atom. The molecule has 5 nitrogen and oxygen atoms in total. The zero-order valence-electron chi connectivity index (χ0n) is 17.3. The number of anilines is 1. The highest BCUT2D eigenvalue weighted by atomic mass is 127. The lowest BCUT2D eigenvalue weighted by Gasteiger charge is -2.25. The highest BCUT2D eigenvalue weighted by molar-refractivity contribution is 14.1. The molecule has 8 heteroatoms. The number of carboxylic acids is 1. The van der Waals surface area contributed by atoms with E-state index in [9.17, 15) is 14.7 Å². The maximum Gasteiger partial charge on any atom is 0.339 e. The quantitative estimate of drug-likeness (QED) is 0.176. The van der Waals surface area contributed by atoms with Gasteiger partial charge in [-0.2, -0.15) is 0 Å². The third kappa shape index (κ3) is 4.96. The third-order valence-electron chi connectivity index (χ3n) is 5.56. The summed E-state index contributed by atoms with van der Waals surface area (Å²) >= 11 is 5.38. The highest BCUT2D eigenvalue weighted by Crippen LogP contribution is 2.42. The van der Waals surface area contributed by atoms with Crippen LogP contribution in [-0.4, -0.2) is 21.1 Å². The number of halogens is 2. The van der Waals surface area contributed by atoms with E-state index in [0.717, 1.165) is 24.8 Å². The molecule has 1 aliphatic carbocycles. The summed E-state index contributed by atoms with van der Waals surface area (Å²) in [6.45, 7) is 1.93. The Hall–Kier alpha value is -1.66. The molecule has 4 rings (SSSR count). The maximum atomic E-state index is 13.1. The SMILES string of the molecule is CC(I)Oc1ccc(C(=O)N(I)c2scc(C3CCc4ccccc4C3)c2C(=O)O)cc1.